The second-order valence-corrected chi connectivity index (χ2v) is 5.08. The molecule has 0 aliphatic carbocycles. The molecule has 2 N–H and O–H groups in total. The van der Waals surface area contributed by atoms with Crippen molar-refractivity contribution in [3.63, 3.8) is 0 Å². The van der Waals surface area contributed by atoms with Gasteiger partial charge in [-0.1, -0.05) is 6.07 Å². The number of hydrogen-bond acceptors (Lipinski definition) is 5. The molecular formula is C18H15N3O4. The summed E-state index contributed by atoms with van der Waals surface area (Å²) in [6.45, 7) is 0.928. The van der Waals surface area contributed by atoms with Gasteiger partial charge in [0.05, 0.1) is 17.2 Å². The summed E-state index contributed by atoms with van der Waals surface area (Å²) in [6.07, 6.45) is 0. The molecule has 2 amide bonds. The molecule has 2 aromatic rings. The van der Waals surface area contributed by atoms with Crippen LogP contribution in [-0.4, -0.2) is 24.4 Å². The molecule has 2 rings (SSSR count). The molecule has 0 aliphatic rings. The number of rotatable bonds is 5. The van der Waals surface area contributed by atoms with Crippen LogP contribution in [0.4, 0.5) is 11.4 Å². The van der Waals surface area contributed by atoms with Crippen molar-refractivity contribution in [2.45, 2.75) is 6.92 Å². The van der Waals surface area contributed by atoms with E-state index in [1.807, 2.05) is 6.07 Å². The molecule has 0 bridgehead atoms. The van der Waals surface area contributed by atoms with Crippen molar-refractivity contribution in [1.82, 2.24) is 0 Å². The third-order valence-corrected chi connectivity index (χ3v) is 3.05. The summed E-state index contributed by atoms with van der Waals surface area (Å²) in [4.78, 5) is 34.7. The molecular weight excluding hydrogens is 322 g/mol. The molecule has 2 aromatic carbocycles. The lowest BCUT2D eigenvalue weighted by molar-refractivity contribution is -0.119. The number of nitriles is 1. The molecule has 25 heavy (non-hydrogen) atoms. The van der Waals surface area contributed by atoms with Gasteiger partial charge in [0.1, 0.15) is 0 Å². The third-order valence-electron chi connectivity index (χ3n) is 3.05. The summed E-state index contributed by atoms with van der Waals surface area (Å²) < 4.78 is 4.93. The van der Waals surface area contributed by atoms with Crippen LogP contribution in [0.1, 0.15) is 22.8 Å². The van der Waals surface area contributed by atoms with E-state index in [2.05, 4.69) is 10.6 Å². The lowest BCUT2D eigenvalue weighted by Crippen LogP contribution is -2.21. The second kappa shape index (κ2) is 8.26. The lowest BCUT2D eigenvalue weighted by atomic mass is 10.1. The first-order valence-electron chi connectivity index (χ1n) is 7.33. The fourth-order valence-electron chi connectivity index (χ4n) is 1.97. The van der Waals surface area contributed by atoms with Crippen LogP contribution in [0.15, 0.2) is 48.5 Å². The van der Waals surface area contributed by atoms with Crippen molar-refractivity contribution < 1.29 is 19.1 Å². The number of carbonyl (C=O) groups excluding carboxylic acids is 3. The van der Waals surface area contributed by atoms with E-state index in [1.54, 1.807) is 24.3 Å². The zero-order chi connectivity index (χ0) is 18.2. The molecule has 0 aliphatic heterocycles. The molecule has 0 saturated heterocycles. The van der Waals surface area contributed by atoms with Crippen molar-refractivity contribution >= 4 is 29.2 Å². The van der Waals surface area contributed by atoms with Crippen molar-refractivity contribution in [2.24, 2.45) is 0 Å². The molecule has 0 saturated carbocycles. The normalized spacial score (nSPS) is 9.60. The van der Waals surface area contributed by atoms with Crippen LogP contribution in [0.25, 0.3) is 0 Å². The Balaban J connectivity index is 1.88. The molecule has 126 valence electrons. The number of ether oxygens (including phenoxy) is 1. The molecule has 0 aromatic heterocycles. The maximum absolute atomic E-state index is 11.9. The van der Waals surface area contributed by atoms with Gasteiger partial charge >= 0.3 is 5.97 Å². The van der Waals surface area contributed by atoms with Gasteiger partial charge in [0.2, 0.25) is 5.91 Å². The first-order valence-corrected chi connectivity index (χ1v) is 7.33. The Morgan fingerprint density at radius 1 is 1.04 bits per heavy atom. The van der Waals surface area contributed by atoms with Gasteiger partial charge in [-0.2, -0.15) is 5.26 Å². The van der Waals surface area contributed by atoms with Crippen molar-refractivity contribution in [1.29, 1.82) is 5.26 Å². The quantitative estimate of drug-likeness (QED) is 0.814. The summed E-state index contributed by atoms with van der Waals surface area (Å²) in [6, 6.07) is 14.4. The van der Waals surface area contributed by atoms with Crippen molar-refractivity contribution in [3.05, 3.63) is 59.7 Å². The predicted molar refractivity (Wildman–Crippen MR) is 90.8 cm³/mol. The zero-order valence-electron chi connectivity index (χ0n) is 13.4. The lowest BCUT2D eigenvalue weighted by Gasteiger charge is -2.08. The molecule has 0 unspecified atom stereocenters. The molecule has 7 nitrogen and oxygen atoms in total. The Kier molecular flexibility index (Phi) is 5.85. The van der Waals surface area contributed by atoms with Gasteiger partial charge in [0, 0.05) is 18.3 Å². The molecule has 0 radical (unpaired) electrons. The van der Waals surface area contributed by atoms with Crippen LogP contribution in [0.2, 0.25) is 0 Å². The van der Waals surface area contributed by atoms with Crippen LogP contribution in [0.5, 0.6) is 0 Å². The maximum Gasteiger partial charge on any atom is 0.338 e. The average Bonchev–Trinajstić information content (AvgIpc) is 2.59. The number of nitrogens with zero attached hydrogens (tertiary/aromatic N) is 1. The summed E-state index contributed by atoms with van der Waals surface area (Å²) in [7, 11) is 0. The molecule has 0 spiro atoms. The van der Waals surface area contributed by atoms with E-state index in [0.717, 1.165) is 0 Å². The topological polar surface area (TPSA) is 108 Å². The highest BCUT2D eigenvalue weighted by Crippen LogP contribution is 2.15. The van der Waals surface area contributed by atoms with E-state index in [-0.39, 0.29) is 11.5 Å². The number of amides is 2. The minimum atomic E-state index is -0.661. The minimum absolute atomic E-state index is 0.222. The molecule has 0 heterocycles. The van der Waals surface area contributed by atoms with Crippen LogP contribution in [0, 0.1) is 11.3 Å². The van der Waals surface area contributed by atoms with Crippen LogP contribution in [-0.2, 0) is 14.3 Å². The number of carbonyl (C=O) groups is 3. The van der Waals surface area contributed by atoms with E-state index in [1.165, 1.54) is 31.2 Å². The zero-order valence-corrected chi connectivity index (χ0v) is 13.4. The van der Waals surface area contributed by atoms with E-state index < -0.39 is 18.5 Å². The Morgan fingerprint density at radius 3 is 2.28 bits per heavy atom. The van der Waals surface area contributed by atoms with Crippen LogP contribution >= 0.6 is 0 Å². The number of esters is 1. The summed E-state index contributed by atoms with van der Waals surface area (Å²) in [5.74, 6) is -1.39. The Morgan fingerprint density at radius 2 is 1.68 bits per heavy atom. The largest absolute Gasteiger partial charge is 0.452 e. The Bertz CT molecular complexity index is 838. The Hall–Kier alpha value is -3.66. The smallest absolute Gasteiger partial charge is 0.338 e. The van der Waals surface area contributed by atoms with Gasteiger partial charge < -0.3 is 15.4 Å². The van der Waals surface area contributed by atoms with Crippen molar-refractivity contribution in [2.75, 3.05) is 17.2 Å². The molecule has 7 heteroatoms. The summed E-state index contributed by atoms with van der Waals surface area (Å²) in [5, 5.41) is 13.9. The Labute approximate surface area is 144 Å². The van der Waals surface area contributed by atoms with Gasteiger partial charge in [-0.15, -0.1) is 0 Å². The monoisotopic (exact) mass is 337 g/mol. The summed E-state index contributed by atoms with van der Waals surface area (Å²) >= 11 is 0. The number of anilines is 2. The van der Waals surface area contributed by atoms with Gasteiger partial charge in [-0.05, 0) is 42.5 Å². The van der Waals surface area contributed by atoms with Gasteiger partial charge in [-0.3, -0.25) is 9.59 Å². The van der Waals surface area contributed by atoms with Crippen LogP contribution < -0.4 is 10.6 Å². The van der Waals surface area contributed by atoms with E-state index >= 15 is 0 Å². The fraction of sp³-hybridized carbons (Fsp3) is 0.111. The van der Waals surface area contributed by atoms with E-state index in [9.17, 15) is 14.4 Å². The van der Waals surface area contributed by atoms with E-state index in [4.69, 9.17) is 10.00 Å². The third kappa shape index (κ3) is 5.48. The first kappa shape index (κ1) is 17.7. The number of benzene rings is 2. The average molecular weight is 337 g/mol. The van der Waals surface area contributed by atoms with Gasteiger partial charge in [-0.25, -0.2) is 4.79 Å². The molecule has 0 atom stereocenters. The number of hydrogen-bond donors (Lipinski definition) is 2. The van der Waals surface area contributed by atoms with Crippen LogP contribution in [0.3, 0.4) is 0 Å². The van der Waals surface area contributed by atoms with E-state index in [0.29, 0.717) is 16.9 Å². The highest BCUT2D eigenvalue weighted by Gasteiger charge is 2.10. The molecule has 0 fully saturated rings. The second-order valence-electron chi connectivity index (χ2n) is 5.08. The van der Waals surface area contributed by atoms with Crippen molar-refractivity contribution in [3.8, 4) is 6.07 Å². The number of nitrogens with one attached hydrogen (secondary N) is 2. The van der Waals surface area contributed by atoms with Gasteiger partial charge in [0.25, 0.3) is 5.91 Å². The minimum Gasteiger partial charge on any atom is -0.452 e. The maximum atomic E-state index is 11.9. The highest BCUT2D eigenvalue weighted by atomic mass is 16.5. The highest BCUT2D eigenvalue weighted by molar-refractivity contribution is 5.96. The van der Waals surface area contributed by atoms with Gasteiger partial charge in [0.15, 0.2) is 6.61 Å². The first-order chi connectivity index (χ1) is 12.0. The fourth-order valence-corrected chi connectivity index (χ4v) is 1.97. The standard InChI is InChI=1S/C18H15N3O4/c1-12(22)20-15-3-2-4-16(9-15)21-17(23)11-25-18(24)14-7-5-13(10-19)6-8-14/h2-9H,11H2,1H3,(H,20,22)(H,21,23). The predicted octanol–water partition coefficient (Wildman–Crippen LogP) is 2.31. The SMILES string of the molecule is CC(=O)Nc1cccc(NC(=O)COC(=O)c2ccc(C#N)cc2)c1. The summed E-state index contributed by atoms with van der Waals surface area (Å²) in [5.41, 5.74) is 1.68.